The van der Waals surface area contributed by atoms with E-state index in [4.69, 9.17) is 4.74 Å². The molecule has 0 radical (unpaired) electrons. The predicted octanol–water partition coefficient (Wildman–Crippen LogP) is 2.90. The van der Waals surface area contributed by atoms with E-state index in [9.17, 15) is 4.79 Å². The van der Waals surface area contributed by atoms with Gasteiger partial charge in [0.05, 0.1) is 18.3 Å². The van der Waals surface area contributed by atoms with Crippen LogP contribution in [0.2, 0.25) is 0 Å². The Hall–Kier alpha value is -1.39. The molecule has 1 aliphatic carbocycles. The molecular formula is C14H23N3O2. The van der Waals surface area contributed by atoms with E-state index in [1.165, 1.54) is 19.3 Å². The highest BCUT2D eigenvalue weighted by molar-refractivity contribution is 5.88. The van der Waals surface area contributed by atoms with Gasteiger partial charge in [0.15, 0.2) is 5.69 Å². The molecule has 19 heavy (non-hydrogen) atoms. The number of carbonyl (C=O) groups is 1. The fourth-order valence-electron chi connectivity index (χ4n) is 2.87. The quantitative estimate of drug-likeness (QED) is 0.785. The van der Waals surface area contributed by atoms with Crippen molar-refractivity contribution in [3.05, 3.63) is 11.4 Å². The van der Waals surface area contributed by atoms with E-state index in [1.807, 2.05) is 11.6 Å². The van der Waals surface area contributed by atoms with Crippen molar-refractivity contribution < 1.29 is 9.53 Å². The van der Waals surface area contributed by atoms with Gasteiger partial charge in [-0.2, -0.15) is 0 Å². The van der Waals surface area contributed by atoms with Gasteiger partial charge in [-0.05, 0) is 45.4 Å². The number of rotatable bonds is 4. The highest BCUT2D eigenvalue weighted by atomic mass is 16.5. The Balaban J connectivity index is 2.08. The third-order valence-electron chi connectivity index (χ3n) is 4.14. The van der Waals surface area contributed by atoms with E-state index in [-0.39, 0.29) is 5.97 Å². The molecule has 0 saturated heterocycles. The normalized spacial score (nSPS) is 23.3. The van der Waals surface area contributed by atoms with Crippen LogP contribution in [0.4, 0.5) is 0 Å². The van der Waals surface area contributed by atoms with E-state index in [0.717, 1.165) is 24.5 Å². The number of hydrogen-bond donors (Lipinski definition) is 0. The van der Waals surface area contributed by atoms with Crippen LogP contribution in [-0.4, -0.2) is 27.6 Å². The van der Waals surface area contributed by atoms with Crippen LogP contribution < -0.4 is 0 Å². The standard InChI is InChI=1S/C14H23N3O2/c1-4-11-6-8-12(9-7-11)17-10(3)13(15-16-17)14(18)19-5-2/h11-12H,4-9H2,1-3H3. The molecule has 0 atom stereocenters. The van der Waals surface area contributed by atoms with Crippen molar-refractivity contribution in [2.24, 2.45) is 5.92 Å². The zero-order valence-electron chi connectivity index (χ0n) is 12.1. The third-order valence-corrected chi connectivity index (χ3v) is 4.14. The Bertz CT molecular complexity index is 434. The molecule has 1 aromatic rings. The number of ether oxygens (including phenoxy) is 1. The topological polar surface area (TPSA) is 57.0 Å². The van der Waals surface area contributed by atoms with Gasteiger partial charge in [0, 0.05) is 0 Å². The van der Waals surface area contributed by atoms with Crippen molar-refractivity contribution in [3.8, 4) is 0 Å². The molecule has 1 heterocycles. The van der Waals surface area contributed by atoms with Crippen LogP contribution in [0.5, 0.6) is 0 Å². The van der Waals surface area contributed by atoms with E-state index in [1.54, 1.807) is 6.92 Å². The summed E-state index contributed by atoms with van der Waals surface area (Å²) in [6.07, 6.45) is 6.01. The Labute approximate surface area is 114 Å². The maximum Gasteiger partial charge on any atom is 0.360 e. The minimum atomic E-state index is -0.367. The molecule has 0 bridgehead atoms. The molecule has 1 aromatic heterocycles. The van der Waals surface area contributed by atoms with Crippen molar-refractivity contribution in [1.82, 2.24) is 15.0 Å². The van der Waals surface area contributed by atoms with Crippen LogP contribution in [0.1, 0.15) is 68.2 Å². The fourth-order valence-corrected chi connectivity index (χ4v) is 2.87. The Kier molecular flexibility index (Phi) is 4.56. The second-order valence-electron chi connectivity index (χ2n) is 5.27. The molecule has 0 unspecified atom stereocenters. The summed E-state index contributed by atoms with van der Waals surface area (Å²) in [5.41, 5.74) is 1.19. The van der Waals surface area contributed by atoms with Crippen LogP contribution in [-0.2, 0) is 4.74 Å². The van der Waals surface area contributed by atoms with Gasteiger partial charge in [0.25, 0.3) is 0 Å². The maximum absolute atomic E-state index is 11.7. The van der Waals surface area contributed by atoms with Gasteiger partial charge < -0.3 is 4.74 Å². The molecule has 106 valence electrons. The highest BCUT2D eigenvalue weighted by Crippen LogP contribution is 2.34. The lowest BCUT2D eigenvalue weighted by Crippen LogP contribution is -2.20. The SMILES string of the molecule is CCOC(=O)c1nnn(C2CCC(CC)CC2)c1C. The largest absolute Gasteiger partial charge is 0.461 e. The molecule has 5 heteroatoms. The summed E-state index contributed by atoms with van der Waals surface area (Å²) in [5.74, 6) is 0.484. The Morgan fingerprint density at radius 1 is 1.32 bits per heavy atom. The van der Waals surface area contributed by atoms with Crippen LogP contribution in [0.3, 0.4) is 0 Å². The van der Waals surface area contributed by atoms with Crippen LogP contribution >= 0.6 is 0 Å². The van der Waals surface area contributed by atoms with Crippen LogP contribution in [0.25, 0.3) is 0 Å². The minimum absolute atomic E-state index is 0.361. The van der Waals surface area contributed by atoms with Gasteiger partial charge in [0.1, 0.15) is 0 Å². The lowest BCUT2D eigenvalue weighted by atomic mass is 9.84. The number of hydrogen-bond acceptors (Lipinski definition) is 4. The molecule has 0 N–H and O–H groups in total. The molecule has 2 rings (SSSR count). The van der Waals surface area contributed by atoms with Crippen molar-refractivity contribution in [2.75, 3.05) is 6.61 Å². The number of carbonyl (C=O) groups excluding carboxylic acids is 1. The average molecular weight is 265 g/mol. The third kappa shape index (κ3) is 2.96. The monoisotopic (exact) mass is 265 g/mol. The first-order chi connectivity index (χ1) is 9.17. The van der Waals surface area contributed by atoms with Gasteiger partial charge in [-0.1, -0.05) is 18.6 Å². The summed E-state index contributed by atoms with van der Waals surface area (Å²) < 4.78 is 6.90. The summed E-state index contributed by atoms with van der Waals surface area (Å²) in [5, 5.41) is 8.15. The number of aromatic nitrogens is 3. The first-order valence-electron chi connectivity index (χ1n) is 7.26. The zero-order valence-corrected chi connectivity index (χ0v) is 12.1. The highest BCUT2D eigenvalue weighted by Gasteiger charge is 2.26. The van der Waals surface area contributed by atoms with Gasteiger partial charge in [-0.25, -0.2) is 9.48 Å². The van der Waals surface area contributed by atoms with Crippen LogP contribution in [0.15, 0.2) is 0 Å². The molecule has 1 fully saturated rings. The Morgan fingerprint density at radius 3 is 2.58 bits per heavy atom. The van der Waals surface area contributed by atoms with Crippen molar-refractivity contribution in [3.63, 3.8) is 0 Å². The summed E-state index contributed by atoms with van der Waals surface area (Å²) in [7, 11) is 0. The van der Waals surface area contributed by atoms with Crippen molar-refractivity contribution in [1.29, 1.82) is 0 Å². The van der Waals surface area contributed by atoms with E-state index < -0.39 is 0 Å². The molecule has 0 aromatic carbocycles. The van der Waals surface area contributed by atoms with Crippen LogP contribution in [0, 0.1) is 12.8 Å². The average Bonchev–Trinajstić information content (AvgIpc) is 2.81. The van der Waals surface area contributed by atoms with Gasteiger partial charge in [-0.15, -0.1) is 5.10 Å². The van der Waals surface area contributed by atoms with Crippen molar-refractivity contribution >= 4 is 5.97 Å². The van der Waals surface area contributed by atoms with E-state index in [2.05, 4.69) is 17.2 Å². The summed E-state index contributed by atoms with van der Waals surface area (Å²) in [6, 6.07) is 0.387. The molecule has 5 nitrogen and oxygen atoms in total. The summed E-state index contributed by atoms with van der Waals surface area (Å²) >= 11 is 0. The zero-order chi connectivity index (χ0) is 13.8. The second kappa shape index (κ2) is 6.17. The number of nitrogens with zero attached hydrogens (tertiary/aromatic N) is 3. The first kappa shape index (κ1) is 14.0. The molecule has 0 spiro atoms. The minimum Gasteiger partial charge on any atom is -0.461 e. The molecule has 1 saturated carbocycles. The number of esters is 1. The smallest absolute Gasteiger partial charge is 0.360 e. The van der Waals surface area contributed by atoms with Crippen molar-refractivity contribution in [2.45, 2.75) is 58.9 Å². The van der Waals surface area contributed by atoms with Gasteiger partial charge >= 0.3 is 5.97 Å². The van der Waals surface area contributed by atoms with Gasteiger partial charge in [0.2, 0.25) is 0 Å². The van der Waals surface area contributed by atoms with E-state index >= 15 is 0 Å². The van der Waals surface area contributed by atoms with Gasteiger partial charge in [-0.3, -0.25) is 0 Å². The fraction of sp³-hybridized carbons (Fsp3) is 0.786. The molecular weight excluding hydrogens is 242 g/mol. The summed E-state index contributed by atoms with van der Waals surface area (Å²) in [6.45, 7) is 6.32. The molecule has 0 aliphatic heterocycles. The lowest BCUT2D eigenvalue weighted by Gasteiger charge is -2.28. The van der Waals surface area contributed by atoms with E-state index in [0.29, 0.717) is 18.3 Å². The lowest BCUT2D eigenvalue weighted by molar-refractivity contribution is 0.0518. The Morgan fingerprint density at radius 2 is 2.00 bits per heavy atom. The second-order valence-corrected chi connectivity index (χ2v) is 5.27. The molecule has 1 aliphatic rings. The molecule has 0 amide bonds. The first-order valence-corrected chi connectivity index (χ1v) is 7.26. The summed E-state index contributed by atoms with van der Waals surface area (Å²) in [4.78, 5) is 11.7. The maximum atomic E-state index is 11.7. The predicted molar refractivity (Wildman–Crippen MR) is 72.0 cm³/mol.